The highest BCUT2D eigenvalue weighted by atomic mass is 35.5. The van der Waals surface area contributed by atoms with Crippen LogP contribution in [0.4, 0.5) is 13.2 Å². The van der Waals surface area contributed by atoms with E-state index in [2.05, 4.69) is 9.97 Å². The van der Waals surface area contributed by atoms with Crippen molar-refractivity contribution in [1.82, 2.24) is 14.5 Å². The van der Waals surface area contributed by atoms with Crippen LogP contribution in [0.3, 0.4) is 0 Å². The third-order valence-electron chi connectivity index (χ3n) is 8.56. The SMILES string of the molecule is O=C(O)c1ccc(Oc2ccc(C(c3cc4ccccc4[nH]3)C(O)(c3ccc(=O)n(-c4cc5ccccc5[nH]4)c3)C(F)(F)F)c(Cl)c2Cl)cc1. The van der Waals surface area contributed by atoms with Crippen LogP contribution >= 0.6 is 23.2 Å². The van der Waals surface area contributed by atoms with Crippen LogP contribution in [0, 0.1) is 0 Å². The van der Waals surface area contributed by atoms with Gasteiger partial charge in [-0.3, -0.25) is 9.36 Å². The average Bonchev–Trinajstić information content (AvgIpc) is 3.72. The number of aromatic carboxylic acids is 1. The fourth-order valence-electron chi connectivity index (χ4n) is 6.09. The number of carbonyl (C=O) groups is 1. The molecule has 0 bridgehead atoms. The normalized spacial score (nSPS) is 13.7. The molecule has 13 heteroatoms. The number of aromatic nitrogens is 3. The van der Waals surface area contributed by atoms with Gasteiger partial charge in [0, 0.05) is 39.9 Å². The highest BCUT2D eigenvalue weighted by molar-refractivity contribution is 6.43. The van der Waals surface area contributed by atoms with Gasteiger partial charge in [-0.05, 0) is 71.6 Å². The Kier molecular flexibility index (Phi) is 8.22. The fourth-order valence-corrected chi connectivity index (χ4v) is 6.57. The van der Waals surface area contributed by atoms with E-state index in [-0.39, 0.29) is 44.2 Å². The van der Waals surface area contributed by atoms with Crippen LogP contribution in [0.5, 0.6) is 11.5 Å². The molecule has 0 spiro atoms. The van der Waals surface area contributed by atoms with E-state index in [4.69, 9.17) is 27.9 Å². The molecule has 0 saturated carbocycles. The second kappa shape index (κ2) is 12.4. The number of fused-ring (bicyclic) bond motifs is 2. The molecule has 0 aliphatic heterocycles. The molecule has 0 fully saturated rings. The van der Waals surface area contributed by atoms with Crippen molar-refractivity contribution in [1.29, 1.82) is 0 Å². The van der Waals surface area contributed by atoms with E-state index in [9.17, 15) is 19.8 Å². The summed E-state index contributed by atoms with van der Waals surface area (Å²) < 4.78 is 53.8. The number of H-pyrrole nitrogens is 2. The Morgan fingerprint density at radius 1 is 0.800 bits per heavy atom. The number of hydrogen-bond acceptors (Lipinski definition) is 4. The van der Waals surface area contributed by atoms with E-state index in [1.165, 1.54) is 42.5 Å². The molecule has 4 N–H and O–H groups in total. The van der Waals surface area contributed by atoms with Crippen LogP contribution < -0.4 is 10.3 Å². The van der Waals surface area contributed by atoms with Gasteiger partial charge in [0.25, 0.3) is 5.56 Å². The average molecular weight is 719 g/mol. The Morgan fingerprint density at radius 3 is 2.06 bits per heavy atom. The monoisotopic (exact) mass is 717 g/mol. The topological polar surface area (TPSA) is 120 Å². The molecular weight excluding hydrogens is 694 g/mol. The van der Waals surface area contributed by atoms with Gasteiger partial charge in [0.15, 0.2) is 5.60 Å². The molecule has 4 aromatic carbocycles. The molecule has 50 heavy (non-hydrogen) atoms. The van der Waals surface area contributed by atoms with Crippen molar-refractivity contribution < 1.29 is 32.9 Å². The van der Waals surface area contributed by atoms with Crippen LogP contribution in [-0.2, 0) is 5.60 Å². The number of halogens is 5. The van der Waals surface area contributed by atoms with Crippen molar-refractivity contribution in [3.05, 3.63) is 158 Å². The predicted molar refractivity (Wildman–Crippen MR) is 184 cm³/mol. The minimum absolute atomic E-state index is 0.0142. The summed E-state index contributed by atoms with van der Waals surface area (Å²) in [6.45, 7) is 0. The Balaban J connectivity index is 1.41. The van der Waals surface area contributed by atoms with Gasteiger partial charge in [-0.1, -0.05) is 65.7 Å². The van der Waals surface area contributed by atoms with Gasteiger partial charge in [0.1, 0.15) is 22.3 Å². The lowest BCUT2D eigenvalue weighted by atomic mass is 9.75. The number of pyridine rings is 1. The molecule has 7 aromatic rings. The Morgan fingerprint density at radius 2 is 1.44 bits per heavy atom. The number of para-hydroxylation sites is 2. The second-order valence-corrected chi connectivity index (χ2v) is 12.3. The molecule has 3 aromatic heterocycles. The fraction of sp³-hybridized carbons (Fsp3) is 0.0811. The van der Waals surface area contributed by atoms with Crippen LogP contribution in [0.2, 0.25) is 10.0 Å². The maximum absolute atomic E-state index is 15.7. The van der Waals surface area contributed by atoms with E-state index in [1.807, 2.05) is 0 Å². The maximum Gasteiger partial charge on any atom is 0.422 e. The van der Waals surface area contributed by atoms with Gasteiger partial charge in [-0.15, -0.1) is 0 Å². The van der Waals surface area contributed by atoms with Gasteiger partial charge < -0.3 is 24.9 Å². The third kappa shape index (κ3) is 5.68. The minimum atomic E-state index is -5.34. The molecule has 7 rings (SSSR count). The number of rotatable bonds is 8. The number of ether oxygens (including phenoxy) is 1. The van der Waals surface area contributed by atoms with E-state index in [0.717, 1.165) is 28.3 Å². The summed E-state index contributed by atoms with van der Waals surface area (Å²) in [5.41, 5.74) is -4.01. The summed E-state index contributed by atoms with van der Waals surface area (Å²) in [5.74, 6) is -2.72. The van der Waals surface area contributed by atoms with Gasteiger partial charge in [0.05, 0.1) is 16.5 Å². The van der Waals surface area contributed by atoms with Crippen LogP contribution in [0.15, 0.2) is 120 Å². The summed E-state index contributed by atoms with van der Waals surface area (Å²) in [7, 11) is 0. The first kappa shape index (κ1) is 33.0. The largest absolute Gasteiger partial charge is 0.478 e. The van der Waals surface area contributed by atoms with E-state index >= 15 is 13.2 Å². The lowest BCUT2D eigenvalue weighted by molar-refractivity contribution is -0.272. The summed E-state index contributed by atoms with van der Waals surface area (Å²) in [5, 5.41) is 22.2. The summed E-state index contributed by atoms with van der Waals surface area (Å²) >= 11 is 13.4. The zero-order chi connectivity index (χ0) is 35.4. The van der Waals surface area contributed by atoms with Gasteiger partial charge in [0.2, 0.25) is 0 Å². The zero-order valence-electron chi connectivity index (χ0n) is 25.5. The number of nitrogens with zero attached hydrogens (tertiary/aromatic N) is 1. The number of nitrogens with one attached hydrogen (secondary N) is 2. The summed E-state index contributed by atoms with van der Waals surface area (Å²) in [6, 6.07) is 26.9. The highest BCUT2D eigenvalue weighted by Gasteiger charge is 2.61. The zero-order valence-corrected chi connectivity index (χ0v) is 27.0. The molecule has 0 amide bonds. The Bertz CT molecular complexity index is 2410. The number of alkyl halides is 3. The van der Waals surface area contributed by atoms with Crippen molar-refractivity contribution in [2.45, 2.75) is 17.7 Å². The molecule has 0 aliphatic rings. The summed E-state index contributed by atoms with van der Waals surface area (Å²) in [4.78, 5) is 30.4. The first-order valence-corrected chi connectivity index (χ1v) is 15.8. The van der Waals surface area contributed by atoms with E-state index in [0.29, 0.717) is 16.4 Å². The molecule has 252 valence electrons. The van der Waals surface area contributed by atoms with Crippen molar-refractivity contribution in [2.75, 3.05) is 0 Å². The van der Waals surface area contributed by atoms with Crippen molar-refractivity contribution in [3.8, 4) is 17.3 Å². The molecule has 0 aliphatic carbocycles. The lowest BCUT2D eigenvalue weighted by Crippen LogP contribution is -2.48. The number of aromatic amines is 2. The summed E-state index contributed by atoms with van der Waals surface area (Å²) in [6.07, 6.45) is -4.38. The molecule has 2 atom stereocenters. The van der Waals surface area contributed by atoms with Crippen molar-refractivity contribution >= 4 is 51.0 Å². The number of aliphatic hydroxyl groups is 1. The number of benzene rings is 4. The highest BCUT2D eigenvalue weighted by Crippen LogP contribution is 2.54. The van der Waals surface area contributed by atoms with E-state index < -0.39 is 34.8 Å². The standard InChI is InChI=1S/C37H24Cl2F3N3O5/c38-33-25(14-15-29(34(33)39)50-24-12-9-20(10-13-24)35(47)48)32(28-17-21-5-1-3-7-26(21)43-28)36(49,37(40,41)42)23-11-16-31(46)45(19-23)30-18-22-6-2-4-8-27(22)44-30/h1-19,32,43-44,49H,(H,47,48). The van der Waals surface area contributed by atoms with Crippen LogP contribution in [0.25, 0.3) is 27.6 Å². The van der Waals surface area contributed by atoms with Crippen molar-refractivity contribution in [3.63, 3.8) is 0 Å². The van der Waals surface area contributed by atoms with Crippen LogP contribution in [-0.4, -0.2) is 36.9 Å². The van der Waals surface area contributed by atoms with Gasteiger partial charge in [-0.2, -0.15) is 13.2 Å². The molecule has 8 nitrogen and oxygen atoms in total. The molecule has 3 heterocycles. The first-order chi connectivity index (χ1) is 23.8. The predicted octanol–water partition coefficient (Wildman–Crippen LogP) is 9.18. The Hall–Kier alpha value is -5.49. The van der Waals surface area contributed by atoms with Crippen LogP contribution in [0.1, 0.15) is 33.1 Å². The lowest BCUT2D eigenvalue weighted by Gasteiger charge is -2.38. The quantitative estimate of drug-likeness (QED) is 0.125. The molecule has 2 unspecified atom stereocenters. The van der Waals surface area contributed by atoms with Gasteiger partial charge >= 0.3 is 12.1 Å². The minimum Gasteiger partial charge on any atom is -0.478 e. The smallest absolute Gasteiger partial charge is 0.422 e. The Labute approximate surface area is 290 Å². The van der Waals surface area contributed by atoms with Gasteiger partial charge in [-0.25, -0.2) is 4.79 Å². The first-order valence-electron chi connectivity index (χ1n) is 15.0. The molecular formula is C37H24Cl2F3N3O5. The maximum atomic E-state index is 15.7. The second-order valence-electron chi connectivity index (χ2n) is 11.6. The van der Waals surface area contributed by atoms with Crippen molar-refractivity contribution in [2.24, 2.45) is 0 Å². The number of hydrogen-bond donors (Lipinski definition) is 4. The number of carboxylic acid groups (broad SMARTS) is 1. The molecule has 0 saturated heterocycles. The molecule has 0 radical (unpaired) electrons. The number of carboxylic acids is 1. The third-order valence-corrected chi connectivity index (χ3v) is 9.43. The van der Waals surface area contributed by atoms with E-state index in [1.54, 1.807) is 54.6 Å².